The molecule has 116 valence electrons. The molecule has 0 aliphatic heterocycles. The second kappa shape index (κ2) is 5.60. The summed E-state index contributed by atoms with van der Waals surface area (Å²) >= 11 is 0. The van der Waals surface area contributed by atoms with Gasteiger partial charge in [-0.25, -0.2) is 8.42 Å². The number of hydrogen-bond donors (Lipinski definition) is 2. The Hall–Kier alpha value is -2.68. The van der Waals surface area contributed by atoms with Crippen LogP contribution in [0.1, 0.15) is 11.3 Å². The highest BCUT2D eigenvalue weighted by molar-refractivity contribution is 7.92. The van der Waals surface area contributed by atoms with E-state index in [0.29, 0.717) is 5.69 Å². The largest absolute Gasteiger partial charge is 0.325 e. The predicted octanol–water partition coefficient (Wildman–Crippen LogP) is 1.70. The van der Waals surface area contributed by atoms with E-state index in [1.165, 1.54) is 13.0 Å². The zero-order chi connectivity index (χ0) is 16.5. The third kappa shape index (κ3) is 3.14. The van der Waals surface area contributed by atoms with Crippen LogP contribution in [0.15, 0.2) is 40.0 Å². The lowest BCUT2D eigenvalue weighted by Crippen LogP contribution is -2.21. The molecular formula is C13H13N3O5S. The number of H-pyrrole nitrogens is 1. The average molecular weight is 323 g/mol. The highest BCUT2D eigenvalue weighted by Crippen LogP contribution is 2.22. The van der Waals surface area contributed by atoms with E-state index in [1.54, 1.807) is 13.0 Å². The van der Waals surface area contributed by atoms with Crippen LogP contribution in [0.4, 0.5) is 11.4 Å². The van der Waals surface area contributed by atoms with Gasteiger partial charge in [0.25, 0.3) is 21.3 Å². The first-order valence-corrected chi connectivity index (χ1v) is 7.67. The van der Waals surface area contributed by atoms with Gasteiger partial charge < -0.3 is 4.98 Å². The van der Waals surface area contributed by atoms with Gasteiger partial charge >= 0.3 is 0 Å². The number of aromatic nitrogens is 1. The van der Waals surface area contributed by atoms with Gasteiger partial charge in [-0.05, 0) is 37.6 Å². The Bertz CT molecular complexity index is 902. The highest BCUT2D eigenvalue weighted by Gasteiger charge is 2.20. The summed E-state index contributed by atoms with van der Waals surface area (Å²) < 4.78 is 26.8. The number of anilines is 1. The lowest BCUT2D eigenvalue weighted by Gasteiger charge is -2.09. The molecule has 0 radical (unpaired) electrons. The van der Waals surface area contributed by atoms with Crippen molar-refractivity contribution in [3.05, 3.63) is 62.1 Å². The third-order valence-corrected chi connectivity index (χ3v) is 4.48. The number of nitrogens with zero attached hydrogens (tertiary/aromatic N) is 1. The van der Waals surface area contributed by atoms with Crippen molar-refractivity contribution in [3.63, 3.8) is 0 Å². The fourth-order valence-electron chi connectivity index (χ4n) is 1.90. The maximum Gasteiger partial charge on any atom is 0.272 e. The summed E-state index contributed by atoms with van der Waals surface area (Å²) in [5, 5.41) is 10.7. The minimum atomic E-state index is -4.01. The molecule has 1 aromatic carbocycles. The van der Waals surface area contributed by atoms with Crippen molar-refractivity contribution in [3.8, 4) is 0 Å². The molecule has 1 heterocycles. The summed E-state index contributed by atoms with van der Waals surface area (Å²) in [7, 11) is -4.01. The van der Waals surface area contributed by atoms with Gasteiger partial charge in [0.05, 0.1) is 9.82 Å². The molecule has 0 bridgehead atoms. The molecule has 2 N–H and O–H groups in total. The molecule has 0 fully saturated rings. The van der Waals surface area contributed by atoms with Crippen molar-refractivity contribution in [1.29, 1.82) is 0 Å². The van der Waals surface area contributed by atoms with Crippen LogP contribution in [-0.4, -0.2) is 18.3 Å². The second-order valence-corrected chi connectivity index (χ2v) is 6.35. The second-order valence-electron chi connectivity index (χ2n) is 4.70. The number of sulfonamides is 1. The van der Waals surface area contributed by atoms with E-state index in [2.05, 4.69) is 9.71 Å². The van der Waals surface area contributed by atoms with E-state index < -0.39 is 20.5 Å². The van der Waals surface area contributed by atoms with Crippen LogP contribution in [-0.2, 0) is 10.0 Å². The normalized spacial score (nSPS) is 11.2. The van der Waals surface area contributed by atoms with Crippen molar-refractivity contribution >= 4 is 21.4 Å². The smallest absolute Gasteiger partial charge is 0.272 e. The molecule has 9 heteroatoms. The maximum atomic E-state index is 12.3. The van der Waals surface area contributed by atoms with Gasteiger partial charge in [-0.3, -0.25) is 19.6 Å². The zero-order valence-electron chi connectivity index (χ0n) is 11.8. The Morgan fingerprint density at radius 1 is 1.18 bits per heavy atom. The van der Waals surface area contributed by atoms with Crippen LogP contribution >= 0.6 is 0 Å². The Labute approximate surface area is 126 Å². The molecule has 0 saturated heterocycles. The van der Waals surface area contributed by atoms with E-state index in [1.807, 2.05) is 0 Å². The molecule has 2 aromatic rings. The number of nitro benzene ring substituents is 1. The van der Waals surface area contributed by atoms with E-state index in [-0.39, 0.29) is 21.8 Å². The van der Waals surface area contributed by atoms with Crippen LogP contribution in [0.2, 0.25) is 0 Å². The first kappa shape index (κ1) is 15.7. The number of aromatic amines is 1. The number of benzene rings is 1. The molecule has 0 amide bonds. The number of nitrogens with one attached hydrogen (secondary N) is 2. The number of aryl methyl sites for hydroxylation is 2. The van der Waals surface area contributed by atoms with Crippen LogP contribution in [0.25, 0.3) is 0 Å². The molecule has 0 atom stereocenters. The molecule has 0 spiro atoms. The Kier molecular flexibility index (Phi) is 4.00. The van der Waals surface area contributed by atoms with Gasteiger partial charge in [0.15, 0.2) is 0 Å². The number of non-ortho nitro benzene ring substituents is 1. The maximum absolute atomic E-state index is 12.3. The lowest BCUT2D eigenvalue weighted by atomic mass is 10.2. The first-order valence-electron chi connectivity index (χ1n) is 6.18. The number of pyridine rings is 1. The van der Waals surface area contributed by atoms with Crippen molar-refractivity contribution in [1.82, 2.24) is 4.98 Å². The van der Waals surface area contributed by atoms with E-state index in [9.17, 15) is 23.3 Å². The molecule has 0 aliphatic carbocycles. The summed E-state index contributed by atoms with van der Waals surface area (Å²) in [6, 6.07) is 6.31. The standard InChI is InChI=1S/C13H13N3O5S/c1-8-7-10(16(18)19)4-6-12(8)22(20,21)15-11-5-3-9(2)14-13(11)17/h3-7,15H,1-2H3,(H,14,17). The molecular weight excluding hydrogens is 310 g/mol. The van der Waals surface area contributed by atoms with Crippen molar-refractivity contribution in [2.24, 2.45) is 0 Å². The van der Waals surface area contributed by atoms with Crippen molar-refractivity contribution in [2.45, 2.75) is 18.7 Å². The molecule has 0 saturated carbocycles. The Morgan fingerprint density at radius 2 is 1.86 bits per heavy atom. The average Bonchev–Trinajstić information content (AvgIpc) is 2.41. The van der Waals surface area contributed by atoms with E-state index in [4.69, 9.17) is 0 Å². The Balaban J connectivity index is 2.43. The van der Waals surface area contributed by atoms with Gasteiger partial charge in [-0.2, -0.15) is 0 Å². The van der Waals surface area contributed by atoms with Crippen molar-refractivity contribution in [2.75, 3.05) is 4.72 Å². The van der Waals surface area contributed by atoms with Crippen LogP contribution in [0.3, 0.4) is 0 Å². The molecule has 1 aromatic heterocycles. The van der Waals surface area contributed by atoms with Gasteiger partial charge in [-0.1, -0.05) is 0 Å². The zero-order valence-corrected chi connectivity index (χ0v) is 12.6. The monoisotopic (exact) mass is 323 g/mol. The molecule has 8 nitrogen and oxygen atoms in total. The molecule has 0 aliphatic rings. The number of hydrogen-bond acceptors (Lipinski definition) is 5. The fraction of sp³-hybridized carbons (Fsp3) is 0.154. The quantitative estimate of drug-likeness (QED) is 0.655. The topological polar surface area (TPSA) is 122 Å². The van der Waals surface area contributed by atoms with Crippen LogP contribution in [0, 0.1) is 24.0 Å². The van der Waals surface area contributed by atoms with Gasteiger partial charge in [0, 0.05) is 17.8 Å². The Morgan fingerprint density at radius 3 is 2.41 bits per heavy atom. The van der Waals surface area contributed by atoms with Crippen molar-refractivity contribution < 1.29 is 13.3 Å². The predicted molar refractivity (Wildman–Crippen MR) is 80.4 cm³/mol. The summed E-state index contributed by atoms with van der Waals surface area (Å²) in [6.45, 7) is 3.11. The fourth-order valence-corrected chi connectivity index (χ4v) is 3.19. The van der Waals surface area contributed by atoms with Gasteiger partial charge in [-0.15, -0.1) is 0 Å². The third-order valence-electron chi connectivity index (χ3n) is 2.96. The number of rotatable bonds is 4. The highest BCUT2D eigenvalue weighted by atomic mass is 32.2. The van der Waals surface area contributed by atoms with E-state index >= 15 is 0 Å². The molecule has 0 unspecified atom stereocenters. The molecule has 22 heavy (non-hydrogen) atoms. The summed E-state index contributed by atoms with van der Waals surface area (Å²) in [6.07, 6.45) is 0. The SMILES string of the molecule is Cc1ccc(NS(=O)(=O)c2ccc([N+](=O)[O-])cc2C)c(=O)[nH]1. The summed E-state index contributed by atoms with van der Waals surface area (Å²) in [5.74, 6) is 0. The van der Waals surface area contributed by atoms with Gasteiger partial charge in [0.1, 0.15) is 5.69 Å². The van der Waals surface area contributed by atoms with Crippen LogP contribution in [0.5, 0.6) is 0 Å². The summed E-state index contributed by atoms with van der Waals surface area (Å²) in [5.41, 5.74) is -0.0826. The van der Waals surface area contributed by atoms with Gasteiger partial charge in [0.2, 0.25) is 0 Å². The summed E-state index contributed by atoms with van der Waals surface area (Å²) in [4.78, 5) is 24.1. The van der Waals surface area contributed by atoms with Crippen LogP contribution < -0.4 is 10.3 Å². The minimum Gasteiger partial charge on any atom is -0.325 e. The lowest BCUT2D eigenvalue weighted by molar-refractivity contribution is -0.385. The van der Waals surface area contributed by atoms with E-state index in [0.717, 1.165) is 18.2 Å². The number of nitro groups is 1. The first-order chi connectivity index (χ1) is 10.2. The molecule has 2 rings (SSSR count). The minimum absolute atomic E-state index is 0.122.